The third-order valence-corrected chi connectivity index (χ3v) is 13.2. The fourth-order valence-corrected chi connectivity index (χ4v) is 9.07. The lowest BCUT2D eigenvalue weighted by atomic mass is 9.94. The number of amides is 5. The first kappa shape index (κ1) is 47.4. The number of rotatable bonds is 26. The number of nitrogens with one attached hydrogen (secondary N) is 5. The van der Waals surface area contributed by atoms with Gasteiger partial charge in [-0.2, -0.15) is 0 Å². The zero-order valence-electron chi connectivity index (χ0n) is 38.0. The zero-order valence-corrected chi connectivity index (χ0v) is 38.0. The van der Waals surface area contributed by atoms with E-state index in [4.69, 9.17) is 0 Å². The van der Waals surface area contributed by atoms with E-state index >= 15 is 0 Å². The average molecular weight is 861 g/mol. The molecule has 1 heterocycles. The normalized spacial score (nSPS) is 22.1. The molecule has 6 rings (SSSR count). The van der Waals surface area contributed by atoms with Crippen LogP contribution in [0.3, 0.4) is 0 Å². The average Bonchev–Trinajstić information content (AvgIpc) is 4.20. The molecule has 5 N–H and O–H groups in total. The van der Waals surface area contributed by atoms with Gasteiger partial charge in [0.1, 0.15) is 5.54 Å². The van der Waals surface area contributed by atoms with Crippen LogP contribution < -0.4 is 26.6 Å². The first-order chi connectivity index (χ1) is 30.6. The van der Waals surface area contributed by atoms with Gasteiger partial charge in [0.25, 0.3) is 5.91 Å². The molecule has 7 atom stereocenters. The highest BCUT2D eigenvalue weighted by molar-refractivity contribution is 5.97. The molecular weight excluding hydrogens is 789 g/mol. The van der Waals surface area contributed by atoms with Crippen molar-refractivity contribution in [3.05, 3.63) is 107 Å². The fourth-order valence-electron chi connectivity index (χ4n) is 9.07. The number of nitrogens with zero attached hydrogens (tertiary/aromatic N) is 1. The van der Waals surface area contributed by atoms with E-state index in [2.05, 4.69) is 64.7 Å². The molecule has 11 nitrogen and oxygen atoms in total. The summed E-state index contributed by atoms with van der Waals surface area (Å²) < 4.78 is 0. The van der Waals surface area contributed by atoms with Gasteiger partial charge in [0, 0.05) is 68.6 Å². The third kappa shape index (κ3) is 14.0. The monoisotopic (exact) mass is 861 g/mol. The summed E-state index contributed by atoms with van der Waals surface area (Å²) in [6.45, 7) is 7.68. The van der Waals surface area contributed by atoms with Crippen molar-refractivity contribution in [1.29, 1.82) is 0 Å². The minimum atomic E-state index is -1.13. The maximum Gasteiger partial charge on any atom is 0.253 e. The van der Waals surface area contributed by atoms with Crippen LogP contribution in [-0.4, -0.2) is 78.2 Å². The van der Waals surface area contributed by atoms with Crippen molar-refractivity contribution in [3.8, 4) is 0 Å². The topological polar surface area (TPSA) is 149 Å². The van der Waals surface area contributed by atoms with Gasteiger partial charge < -0.3 is 31.5 Å². The zero-order chi connectivity index (χ0) is 44.6. The van der Waals surface area contributed by atoms with Crippen LogP contribution in [0.5, 0.6) is 0 Å². The number of carbonyl (C=O) groups is 5. The standard InChI is InChI=1S/C52H72N6O5/c1-4-6-8-10-11-12-19-25-47(59)57-52(3,51(63)54-30-20-9-7-5-2)36-53-33-37-26-28-40(29-27-37)50(62)58-34-43(48(60)55-45-31-41(45)38-21-15-13-16-22-38)44(35-58)49(61)56-46-32-42(46)39-23-17-14-18-24-39/h13-18,21-24,26-29,41-46,53H,4-12,19-20,25,30-36H2,1-3H3,(H,54,63)(H,55,60)(H,56,61)(H,57,59)/t41-,42-,43-,44-,45+,46+,52?/m1/s1. The minimum Gasteiger partial charge on any atom is -0.354 e. The fraction of sp³-hybridized carbons (Fsp3) is 0.558. The number of hydrogen-bond donors (Lipinski definition) is 5. The van der Waals surface area contributed by atoms with Gasteiger partial charge in [-0.1, -0.05) is 144 Å². The Kier molecular flexibility index (Phi) is 17.8. The summed E-state index contributed by atoms with van der Waals surface area (Å²) in [7, 11) is 0. The van der Waals surface area contributed by atoms with Crippen molar-refractivity contribution in [2.45, 2.75) is 147 Å². The predicted molar refractivity (Wildman–Crippen MR) is 249 cm³/mol. The van der Waals surface area contributed by atoms with Crippen molar-refractivity contribution in [2.75, 3.05) is 26.2 Å². The van der Waals surface area contributed by atoms with E-state index in [9.17, 15) is 24.0 Å². The van der Waals surface area contributed by atoms with Gasteiger partial charge in [0.15, 0.2) is 0 Å². The molecule has 1 unspecified atom stereocenters. The van der Waals surface area contributed by atoms with Crippen LogP contribution in [0.2, 0.25) is 0 Å². The molecule has 3 aromatic carbocycles. The van der Waals surface area contributed by atoms with Crippen molar-refractivity contribution in [3.63, 3.8) is 0 Å². The SMILES string of the molecule is CCCCCCCCCC(=O)NC(C)(CNCc1ccc(C(=O)N2C[C@@H](C(=O)N[C@H]3C[C@@H]3c3ccccc3)[C@H](C(=O)N[C@H]3C[C@@H]3c3ccccc3)C2)cc1)C(=O)NCCCCCC. The molecular formula is C52H72N6O5. The number of carbonyl (C=O) groups excluding carboxylic acids is 5. The Bertz CT molecular complexity index is 1870. The van der Waals surface area contributed by atoms with Crippen molar-refractivity contribution in [2.24, 2.45) is 11.8 Å². The minimum absolute atomic E-state index is 0.00869. The maximum absolute atomic E-state index is 14.0. The second-order valence-electron chi connectivity index (χ2n) is 18.5. The van der Waals surface area contributed by atoms with Crippen LogP contribution in [-0.2, 0) is 25.7 Å². The van der Waals surface area contributed by atoms with Crippen LogP contribution >= 0.6 is 0 Å². The summed E-state index contributed by atoms with van der Waals surface area (Å²) in [5, 5.41) is 15.9. The first-order valence-electron chi connectivity index (χ1n) is 24.0. The third-order valence-electron chi connectivity index (χ3n) is 13.2. The molecule has 0 aromatic heterocycles. The first-order valence-corrected chi connectivity index (χ1v) is 24.0. The Morgan fingerprint density at radius 3 is 1.68 bits per heavy atom. The Morgan fingerprint density at radius 1 is 0.635 bits per heavy atom. The van der Waals surface area contributed by atoms with Gasteiger partial charge in [0.2, 0.25) is 23.6 Å². The Balaban J connectivity index is 1.04. The molecule has 3 aromatic rings. The summed E-state index contributed by atoms with van der Waals surface area (Å²) in [5.74, 6) is -1.75. The van der Waals surface area contributed by atoms with E-state index in [1.54, 1.807) is 24.0 Å². The van der Waals surface area contributed by atoms with Crippen LogP contribution in [0, 0.1) is 11.8 Å². The molecule has 1 aliphatic heterocycles. The Morgan fingerprint density at radius 2 is 1.14 bits per heavy atom. The van der Waals surface area contributed by atoms with Crippen molar-refractivity contribution < 1.29 is 24.0 Å². The van der Waals surface area contributed by atoms with Gasteiger partial charge in [0.05, 0.1) is 11.8 Å². The lowest BCUT2D eigenvalue weighted by Crippen LogP contribution is -2.61. The van der Waals surface area contributed by atoms with Gasteiger partial charge >= 0.3 is 0 Å². The van der Waals surface area contributed by atoms with E-state index in [0.29, 0.717) is 25.1 Å². The smallest absolute Gasteiger partial charge is 0.253 e. The number of benzene rings is 3. The van der Waals surface area contributed by atoms with Crippen molar-refractivity contribution in [1.82, 2.24) is 31.5 Å². The molecule has 0 radical (unpaired) electrons. The van der Waals surface area contributed by atoms with Gasteiger partial charge in [-0.05, 0) is 61.4 Å². The highest BCUT2D eigenvalue weighted by atomic mass is 16.2. The molecule has 340 valence electrons. The van der Waals surface area contributed by atoms with Crippen LogP contribution in [0.15, 0.2) is 84.9 Å². The van der Waals surface area contributed by atoms with E-state index in [-0.39, 0.29) is 73.1 Å². The van der Waals surface area contributed by atoms with Crippen molar-refractivity contribution >= 4 is 29.5 Å². The largest absolute Gasteiger partial charge is 0.354 e. The summed E-state index contributed by atoms with van der Waals surface area (Å²) in [6, 6.07) is 27.6. The lowest BCUT2D eigenvalue weighted by Gasteiger charge is -2.30. The molecule has 1 saturated heterocycles. The predicted octanol–water partition coefficient (Wildman–Crippen LogP) is 7.52. The van der Waals surface area contributed by atoms with E-state index in [1.807, 2.05) is 48.5 Å². The van der Waals surface area contributed by atoms with E-state index in [1.165, 1.54) is 36.8 Å². The maximum atomic E-state index is 14.0. The highest BCUT2D eigenvalue weighted by Gasteiger charge is 2.49. The summed E-state index contributed by atoms with van der Waals surface area (Å²) in [5.41, 5.74) is 2.63. The molecule has 0 spiro atoms. The molecule has 63 heavy (non-hydrogen) atoms. The van der Waals surface area contributed by atoms with Crippen LogP contribution in [0.1, 0.15) is 150 Å². The summed E-state index contributed by atoms with van der Waals surface area (Å²) in [6.07, 6.45) is 14.1. The second kappa shape index (κ2) is 23.6. The summed E-state index contributed by atoms with van der Waals surface area (Å²) >= 11 is 0. The van der Waals surface area contributed by atoms with E-state index in [0.717, 1.165) is 63.4 Å². The molecule has 2 aliphatic carbocycles. The Hall–Kier alpha value is -5.03. The number of unbranched alkanes of at least 4 members (excludes halogenated alkanes) is 9. The second-order valence-corrected chi connectivity index (χ2v) is 18.5. The van der Waals surface area contributed by atoms with Gasteiger partial charge in [-0.3, -0.25) is 24.0 Å². The molecule has 0 bridgehead atoms. The molecule has 3 aliphatic rings. The molecule has 2 saturated carbocycles. The highest BCUT2D eigenvalue weighted by Crippen LogP contribution is 2.42. The molecule has 5 amide bonds. The lowest BCUT2D eigenvalue weighted by molar-refractivity contribution is -0.133. The van der Waals surface area contributed by atoms with Gasteiger partial charge in [-0.25, -0.2) is 0 Å². The Labute approximate surface area is 375 Å². The summed E-state index contributed by atoms with van der Waals surface area (Å²) in [4.78, 5) is 70.1. The van der Waals surface area contributed by atoms with Crippen LogP contribution in [0.25, 0.3) is 0 Å². The van der Waals surface area contributed by atoms with Crippen LogP contribution in [0.4, 0.5) is 0 Å². The molecule has 3 fully saturated rings. The van der Waals surface area contributed by atoms with E-state index < -0.39 is 17.4 Å². The quantitative estimate of drug-likeness (QED) is 0.0528. The number of hydrogen-bond acceptors (Lipinski definition) is 6. The van der Waals surface area contributed by atoms with Gasteiger partial charge in [-0.15, -0.1) is 0 Å². The number of likely N-dealkylation sites (tertiary alicyclic amines) is 1. The molecule has 11 heteroatoms.